The molecule has 0 saturated heterocycles. The molecule has 4 heteroatoms. The second kappa shape index (κ2) is 4.84. The summed E-state index contributed by atoms with van der Waals surface area (Å²) in [6, 6.07) is 4.36. The largest absolute Gasteiger partial charge is 0.327 e. The molecule has 0 bridgehead atoms. The molecule has 0 aliphatic heterocycles. The number of fused-ring (bicyclic) bond motifs is 1. The minimum absolute atomic E-state index is 0.184. The molecule has 0 aliphatic carbocycles. The summed E-state index contributed by atoms with van der Waals surface area (Å²) >= 11 is 0. The van der Waals surface area contributed by atoms with Crippen LogP contribution in [0.1, 0.15) is 31.5 Å². The van der Waals surface area contributed by atoms with Crippen LogP contribution in [0.25, 0.3) is 5.65 Å². The fourth-order valence-corrected chi connectivity index (χ4v) is 2.24. The zero-order chi connectivity index (χ0) is 12.4. The van der Waals surface area contributed by atoms with Crippen molar-refractivity contribution in [3.63, 3.8) is 0 Å². The third-order valence-corrected chi connectivity index (χ3v) is 2.84. The molecule has 2 heterocycles. The minimum Gasteiger partial charge on any atom is -0.327 e. The van der Waals surface area contributed by atoms with E-state index < -0.39 is 0 Å². The normalized spacial score (nSPS) is 13.5. The zero-order valence-corrected chi connectivity index (χ0v) is 10.7. The van der Waals surface area contributed by atoms with E-state index in [-0.39, 0.29) is 6.04 Å². The maximum Gasteiger partial charge on any atom is 0.155 e. The Morgan fingerprint density at radius 2 is 2.12 bits per heavy atom. The van der Waals surface area contributed by atoms with Gasteiger partial charge in [-0.05, 0) is 37.0 Å². The van der Waals surface area contributed by atoms with Gasteiger partial charge in [0.25, 0.3) is 0 Å². The number of hydrogen-bond acceptors (Lipinski definition) is 3. The van der Waals surface area contributed by atoms with Gasteiger partial charge in [0, 0.05) is 18.2 Å². The molecule has 2 aromatic rings. The lowest BCUT2D eigenvalue weighted by atomic mass is 10.00. The molecule has 0 saturated carbocycles. The molecule has 17 heavy (non-hydrogen) atoms. The lowest BCUT2D eigenvalue weighted by Crippen LogP contribution is -2.26. The van der Waals surface area contributed by atoms with Gasteiger partial charge in [-0.1, -0.05) is 13.8 Å². The van der Waals surface area contributed by atoms with Crippen molar-refractivity contribution in [3.8, 4) is 0 Å². The van der Waals surface area contributed by atoms with Crippen molar-refractivity contribution in [2.75, 3.05) is 0 Å². The molecule has 1 atom stereocenters. The Morgan fingerprint density at radius 1 is 1.35 bits per heavy atom. The maximum absolute atomic E-state index is 6.15. The van der Waals surface area contributed by atoms with Crippen LogP contribution in [-0.4, -0.2) is 20.6 Å². The van der Waals surface area contributed by atoms with E-state index >= 15 is 0 Å². The molecule has 0 aliphatic rings. The summed E-state index contributed by atoms with van der Waals surface area (Å²) in [6.07, 6.45) is 3.47. The van der Waals surface area contributed by atoms with Crippen LogP contribution < -0.4 is 5.73 Å². The monoisotopic (exact) mass is 232 g/mol. The van der Waals surface area contributed by atoms with Crippen LogP contribution >= 0.6 is 0 Å². The Balaban J connectivity index is 2.25. The molecule has 0 amide bonds. The highest BCUT2D eigenvalue weighted by atomic mass is 15.3. The van der Waals surface area contributed by atoms with Crippen molar-refractivity contribution in [2.45, 2.75) is 39.7 Å². The highest BCUT2D eigenvalue weighted by Gasteiger charge is 2.10. The van der Waals surface area contributed by atoms with Crippen molar-refractivity contribution >= 4 is 5.65 Å². The van der Waals surface area contributed by atoms with Crippen molar-refractivity contribution < 1.29 is 0 Å². The lowest BCUT2D eigenvalue weighted by Gasteiger charge is -2.15. The average molecular weight is 232 g/mol. The molecule has 2 N–H and O–H groups in total. The lowest BCUT2D eigenvalue weighted by molar-refractivity contribution is 0.487. The Kier molecular flexibility index (Phi) is 3.43. The van der Waals surface area contributed by atoms with Gasteiger partial charge in [0.1, 0.15) is 6.33 Å². The zero-order valence-electron chi connectivity index (χ0n) is 10.7. The summed E-state index contributed by atoms with van der Waals surface area (Å²) in [4.78, 5) is 4.22. The van der Waals surface area contributed by atoms with Crippen LogP contribution in [0.5, 0.6) is 0 Å². The Hall–Kier alpha value is -1.42. The quantitative estimate of drug-likeness (QED) is 0.876. The van der Waals surface area contributed by atoms with Crippen LogP contribution in [-0.2, 0) is 6.42 Å². The number of aromatic nitrogens is 3. The molecule has 92 valence electrons. The van der Waals surface area contributed by atoms with Gasteiger partial charge in [0.15, 0.2) is 5.65 Å². The standard InChI is InChI=1S/C13H20N4/c1-9(2)4-11(14)7-12-5-10(3)6-13-15-8-16-17(12)13/h5-6,8-9,11H,4,7,14H2,1-3H3. The van der Waals surface area contributed by atoms with E-state index in [9.17, 15) is 0 Å². The van der Waals surface area contributed by atoms with Gasteiger partial charge >= 0.3 is 0 Å². The smallest absolute Gasteiger partial charge is 0.155 e. The number of hydrogen-bond donors (Lipinski definition) is 1. The van der Waals surface area contributed by atoms with Crippen LogP contribution in [0.15, 0.2) is 18.5 Å². The van der Waals surface area contributed by atoms with E-state index in [0.29, 0.717) is 5.92 Å². The summed E-state index contributed by atoms with van der Waals surface area (Å²) in [5.41, 5.74) is 9.40. The fraction of sp³-hybridized carbons (Fsp3) is 0.538. The summed E-state index contributed by atoms with van der Waals surface area (Å²) in [5, 5.41) is 4.24. The van der Waals surface area contributed by atoms with Gasteiger partial charge in [-0.3, -0.25) is 0 Å². The maximum atomic E-state index is 6.15. The topological polar surface area (TPSA) is 56.2 Å². The second-order valence-corrected chi connectivity index (χ2v) is 5.15. The molecule has 2 rings (SSSR count). The van der Waals surface area contributed by atoms with Crippen molar-refractivity contribution in [1.82, 2.24) is 14.6 Å². The molecular weight excluding hydrogens is 212 g/mol. The molecule has 0 spiro atoms. The number of aryl methyl sites for hydroxylation is 1. The van der Waals surface area contributed by atoms with Gasteiger partial charge in [-0.15, -0.1) is 0 Å². The van der Waals surface area contributed by atoms with E-state index in [1.165, 1.54) is 5.56 Å². The van der Waals surface area contributed by atoms with Crippen molar-refractivity contribution in [1.29, 1.82) is 0 Å². The fourth-order valence-electron chi connectivity index (χ4n) is 2.24. The van der Waals surface area contributed by atoms with Crippen LogP contribution in [0, 0.1) is 12.8 Å². The first kappa shape index (κ1) is 12.0. The predicted octanol–water partition coefficient (Wildman–Crippen LogP) is 1.95. The molecular formula is C13H20N4. The molecule has 0 aromatic carbocycles. The SMILES string of the molecule is Cc1cc(CC(N)CC(C)C)n2ncnc2c1. The summed E-state index contributed by atoms with van der Waals surface area (Å²) in [7, 11) is 0. The van der Waals surface area contributed by atoms with Gasteiger partial charge in [0.2, 0.25) is 0 Å². The van der Waals surface area contributed by atoms with E-state index in [1.807, 2.05) is 10.6 Å². The third kappa shape index (κ3) is 2.82. The van der Waals surface area contributed by atoms with Gasteiger partial charge in [-0.25, -0.2) is 9.50 Å². The number of rotatable bonds is 4. The second-order valence-electron chi connectivity index (χ2n) is 5.15. The summed E-state index contributed by atoms with van der Waals surface area (Å²) in [5.74, 6) is 0.626. The van der Waals surface area contributed by atoms with Crippen LogP contribution in [0.4, 0.5) is 0 Å². The van der Waals surface area contributed by atoms with E-state index in [4.69, 9.17) is 5.73 Å². The first-order valence-corrected chi connectivity index (χ1v) is 6.11. The third-order valence-electron chi connectivity index (χ3n) is 2.84. The van der Waals surface area contributed by atoms with Crippen LogP contribution in [0.3, 0.4) is 0 Å². The molecule has 0 fully saturated rings. The minimum atomic E-state index is 0.184. The molecule has 2 aromatic heterocycles. The number of pyridine rings is 1. The predicted molar refractivity (Wildman–Crippen MR) is 68.9 cm³/mol. The van der Waals surface area contributed by atoms with Crippen LogP contribution in [0.2, 0.25) is 0 Å². The molecule has 0 radical (unpaired) electrons. The first-order valence-electron chi connectivity index (χ1n) is 6.11. The number of nitrogens with two attached hydrogens (primary N) is 1. The average Bonchev–Trinajstić information content (AvgIpc) is 2.63. The van der Waals surface area contributed by atoms with E-state index in [1.54, 1.807) is 6.33 Å². The summed E-state index contributed by atoms with van der Waals surface area (Å²) in [6.45, 7) is 6.47. The van der Waals surface area contributed by atoms with E-state index in [2.05, 4.69) is 36.9 Å². The van der Waals surface area contributed by atoms with Crippen molar-refractivity contribution in [3.05, 3.63) is 29.7 Å². The highest BCUT2D eigenvalue weighted by Crippen LogP contribution is 2.13. The van der Waals surface area contributed by atoms with Gasteiger partial charge in [0.05, 0.1) is 0 Å². The first-order chi connectivity index (χ1) is 8.06. The Labute approximate surface area is 102 Å². The molecule has 4 nitrogen and oxygen atoms in total. The van der Waals surface area contributed by atoms with Gasteiger partial charge < -0.3 is 5.73 Å². The Morgan fingerprint density at radius 3 is 2.82 bits per heavy atom. The van der Waals surface area contributed by atoms with E-state index in [0.717, 1.165) is 24.2 Å². The summed E-state index contributed by atoms with van der Waals surface area (Å²) < 4.78 is 1.88. The number of nitrogens with zero attached hydrogens (tertiary/aromatic N) is 3. The van der Waals surface area contributed by atoms with Gasteiger partial charge in [-0.2, -0.15) is 5.10 Å². The van der Waals surface area contributed by atoms with Crippen molar-refractivity contribution in [2.24, 2.45) is 11.7 Å². The highest BCUT2D eigenvalue weighted by molar-refractivity contribution is 5.41. The molecule has 1 unspecified atom stereocenters. The Bertz CT molecular complexity index is 501.